The first kappa shape index (κ1) is 12.0. The average molecular weight is 204 g/mol. The van der Waals surface area contributed by atoms with Crippen LogP contribution in [0.1, 0.15) is 20.8 Å². The molecule has 0 aliphatic carbocycles. The van der Waals surface area contributed by atoms with E-state index in [0.29, 0.717) is 11.7 Å². The molecular weight excluding hydrogens is 188 g/mol. The molecule has 0 aromatic rings. The van der Waals surface area contributed by atoms with E-state index in [4.69, 9.17) is 12.2 Å². The molecular formula is C7H16N4OS. The lowest BCUT2D eigenvalue weighted by molar-refractivity contribution is 0.239. The minimum absolute atomic E-state index is 0.246. The minimum Gasteiger partial charge on any atom is -0.359 e. The molecule has 0 aliphatic heterocycles. The fourth-order valence-electron chi connectivity index (χ4n) is 0.617. The summed E-state index contributed by atoms with van der Waals surface area (Å²) in [4.78, 5) is 10.9. The second kappa shape index (κ2) is 6.47. The molecule has 13 heavy (non-hydrogen) atoms. The van der Waals surface area contributed by atoms with E-state index in [1.54, 1.807) is 0 Å². The first-order valence-corrected chi connectivity index (χ1v) is 4.57. The van der Waals surface area contributed by atoms with Gasteiger partial charge in [0.15, 0.2) is 5.11 Å². The Morgan fingerprint density at radius 2 is 2.00 bits per heavy atom. The molecule has 0 aliphatic rings. The largest absolute Gasteiger partial charge is 0.359 e. The Kier molecular flexibility index (Phi) is 5.96. The van der Waals surface area contributed by atoms with Crippen LogP contribution in [0.3, 0.4) is 0 Å². The van der Waals surface area contributed by atoms with Gasteiger partial charge >= 0.3 is 6.03 Å². The van der Waals surface area contributed by atoms with E-state index < -0.39 is 0 Å². The predicted octanol–water partition coefficient (Wildman–Crippen LogP) is 0.0930. The van der Waals surface area contributed by atoms with Crippen molar-refractivity contribution in [2.45, 2.75) is 26.8 Å². The van der Waals surface area contributed by atoms with Crippen molar-refractivity contribution in [3.63, 3.8) is 0 Å². The molecule has 76 valence electrons. The Balaban J connectivity index is 3.52. The van der Waals surface area contributed by atoms with Gasteiger partial charge in [-0.05, 0) is 33.0 Å². The van der Waals surface area contributed by atoms with E-state index in [1.165, 1.54) is 0 Å². The van der Waals surface area contributed by atoms with Crippen LogP contribution in [0.5, 0.6) is 0 Å². The normalized spacial score (nSPS) is 9.23. The van der Waals surface area contributed by atoms with E-state index in [2.05, 4.69) is 21.5 Å². The van der Waals surface area contributed by atoms with Crippen molar-refractivity contribution >= 4 is 23.4 Å². The fraction of sp³-hybridized carbons (Fsp3) is 0.714. The zero-order valence-electron chi connectivity index (χ0n) is 8.10. The summed E-state index contributed by atoms with van der Waals surface area (Å²) < 4.78 is 0. The van der Waals surface area contributed by atoms with Gasteiger partial charge in [-0.15, -0.1) is 0 Å². The van der Waals surface area contributed by atoms with Crippen LogP contribution in [0.4, 0.5) is 4.79 Å². The molecule has 0 aromatic carbocycles. The molecule has 0 aromatic heterocycles. The van der Waals surface area contributed by atoms with Crippen LogP contribution in [0, 0.1) is 0 Å². The summed E-state index contributed by atoms with van der Waals surface area (Å²) in [6.07, 6.45) is 0. The van der Waals surface area contributed by atoms with Gasteiger partial charge < -0.3 is 10.6 Å². The summed E-state index contributed by atoms with van der Waals surface area (Å²) in [5.41, 5.74) is 4.94. The SMILES string of the molecule is CCNC(=O)NNC(=S)NC(C)C. The standard InChI is InChI=1S/C7H16N4OS/c1-4-8-6(12)10-11-7(13)9-5(2)3/h5H,4H2,1-3H3,(H2,8,10,12)(H2,9,11,13). The molecule has 0 rings (SSSR count). The van der Waals surface area contributed by atoms with Crippen molar-refractivity contribution in [2.24, 2.45) is 0 Å². The number of hydrogen-bond acceptors (Lipinski definition) is 2. The zero-order chi connectivity index (χ0) is 10.3. The lowest BCUT2D eigenvalue weighted by Gasteiger charge is -2.13. The summed E-state index contributed by atoms with van der Waals surface area (Å²) in [7, 11) is 0. The fourth-order valence-corrected chi connectivity index (χ4v) is 0.903. The van der Waals surface area contributed by atoms with Crippen molar-refractivity contribution in [3.05, 3.63) is 0 Å². The predicted molar refractivity (Wildman–Crippen MR) is 56.2 cm³/mol. The summed E-state index contributed by atoms with van der Waals surface area (Å²) in [5.74, 6) is 0. The molecule has 0 atom stereocenters. The average Bonchev–Trinajstić information content (AvgIpc) is 2.00. The molecule has 0 saturated carbocycles. The molecule has 0 unspecified atom stereocenters. The number of carbonyl (C=O) groups is 1. The molecule has 0 heterocycles. The number of amides is 2. The van der Waals surface area contributed by atoms with Crippen LogP contribution in [0.15, 0.2) is 0 Å². The molecule has 0 bridgehead atoms. The summed E-state index contributed by atoms with van der Waals surface area (Å²) in [6, 6.07) is -0.0496. The molecule has 0 spiro atoms. The maximum Gasteiger partial charge on any atom is 0.333 e. The molecule has 0 saturated heterocycles. The topological polar surface area (TPSA) is 65.2 Å². The van der Waals surface area contributed by atoms with E-state index in [0.717, 1.165) is 0 Å². The highest BCUT2D eigenvalue weighted by Crippen LogP contribution is 1.75. The lowest BCUT2D eigenvalue weighted by atomic mass is 10.4. The number of hydrogen-bond donors (Lipinski definition) is 4. The quantitative estimate of drug-likeness (QED) is 0.380. The third-order valence-corrected chi connectivity index (χ3v) is 1.27. The van der Waals surface area contributed by atoms with Gasteiger partial charge in [-0.25, -0.2) is 10.2 Å². The van der Waals surface area contributed by atoms with Gasteiger partial charge in [-0.2, -0.15) is 0 Å². The number of nitrogens with one attached hydrogen (secondary N) is 4. The summed E-state index contributed by atoms with van der Waals surface area (Å²) in [5, 5.41) is 5.88. The third kappa shape index (κ3) is 7.32. The highest BCUT2D eigenvalue weighted by Gasteiger charge is 1.99. The Morgan fingerprint density at radius 3 is 2.46 bits per heavy atom. The molecule has 2 amide bonds. The number of rotatable bonds is 2. The highest BCUT2D eigenvalue weighted by molar-refractivity contribution is 7.80. The van der Waals surface area contributed by atoms with Crippen LogP contribution >= 0.6 is 12.2 Å². The first-order chi connectivity index (χ1) is 6.06. The van der Waals surface area contributed by atoms with Crippen molar-refractivity contribution in [3.8, 4) is 0 Å². The maximum absolute atomic E-state index is 10.9. The van der Waals surface area contributed by atoms with Gasteiger partial charge in [0.2, 0.25) is 0 Å². The molecule has 4 N–H and O–H groups in total. The lowest BCUT2D eigenvalue weighted by Crippen LogP contribution is -2.51. The Hall–Kier alpha value is -1.04. The smallest absolute Gasteiger partial charge is 0.333 e. The number of hydrazine groups is 1. The molecule has 6 heteroatoms. The number of urea groups is 1. The Bertz CT molecular complexity index is 183. The number of thiocarbonyl (C=S) groups is 1. The summed E-state index contributed by atoms with van der Waals surface area (Å²) >= 11 is 4.87. The van der Waals surface area contributed by atoms with E-state index in [1.807, 2.05) is 20.8 Å². The van der Waals surface area contributed by atoms with Crippen LogP contribution in [-0.2, 0) is 0 Å². The van der Waals surface area contributed by atoms with Gasteiger partial charge in [0.05, 0.1) is 0 Å². The van der Waals surface area contributed by atoms with Crippen molar-refractivity contribution < 1.29 is 4.79 Å². The van der Waals surface area contributed by atoms with Gasteiger partial charge in [0, 0.05) is 12.6 Å². The van der Waals surface area contributed by atoms with E-state index >= 15 is 0 Å². The monoisotopic (exact) mass is 204 g/mol. The Labute approximate surface area is 83.6 Å². The highest BCUT2D eigenvalue weighted by atomic mass is 32.1. The van der Waals surface area contributed by atoms with Crippen LogP contribution < -0.4 is 21.5 Å². The molecule has 0 radical (unpaired) electrons. The third-order valence-electron chi connectivity index (χ3n) is 1.05. The second-order valence-electron chi connectivity index (χ2n) is 2.74. The minimum atomic E-state index is -0.296. The van der Waals surface area contributed by atoms with Gasteiger partial charge in [-0.3, -0.25) is 5.43 Å². The Morgan fingerprint density at radius 1 is 1.38 bits per heavy atom. The number of carbonyl (C=O) groups excluding carboxylic acids is 1. The maximum atomic E-state index is 10.9. The first-order valence-electron chi connectivity index (χ1n) is 4.16. The molecule has 0 fully saturated rings. The van der Waals surface area contributed by atoms with Crippen molar-refractivity contribution in [1.29, 1.82) is 0 Å². The van der Waals surface area contributed by atoms with Gasteiger partial charge in [0.1, 0.15) is 0 Å². The van der Waals surface area contributed by atoms with Crippen LogP contribution in [0.2, 0.25) is 0 Å². The van der Waals surface area contributed by atoms with Crippen LogP contribution in [-0.4, -0.2) is 23.7 Å². The van der Waals surface area contributed by atoms with Crippen molar-refractivity contribution in [2.75, 3.05) is 6.54 Å². The van der Waals surface area contributed by atoms with Crippen LogP contribution in [0.25, 0.3) is 0 Å². The van der Waals surface area contributed by atoms with E-state index in [9.17, 15) is 4.79 Å². The van der Waals surface area contributed by atoms with E-state index in [-0.39, 0.29) is 12.1 Å². The van der Waals surface area contributed by atoms with Gasteiger partial charge in [0.25, 0.3) is 0 Å². The van der Waals surface area contributed by atoms with Gasteiger partial charge in [-0.1, -0.05) is 0 Å². The molecule has 5 nitrogen and oxygen atoms in total. The summed E-state index contributed by atoms with van der Waals surface area (Å²) in [6.45, 7) is 6.34. The van der Waals surface area contributed by atoms with Crippen molar-refractivity contribution in [1.82, 2.24) is 21.5 Å². The zero-order valence-corrected chi connectivity index (χ0v) is 8.92. The second-order valence-corrected chi connectivity index (χ2v) is 3.15.